The number of para-hydroxylation sites is 1. The standard InChI is InChI=1S/C14H9ClF4N2O/c15-9-5-3-7-11(12(9)16)21-13(22)20-10-6-2-1-4-8(10)14(17,18)19/h1-7H,(H2,20,21,22). The number of carbonyl (C=O) groups is 1. The molecule has 2 aromatic carbocycles. The van der Waals surface area contributed by atoms with E-state index in [1.165, 1.54) is 30.3 Å². The van der Waals surface area contributed by atoms with E-state index in [4.69, 9.17) is 11.6 Å². The highest BCUT2D eigenvalue weighted by molar-refractivity contribution is 6.31. The Hall–Kier alpha value is -2.28. The van der Waals surface area contributed by atoms with Crippen molar-refractivity contribution in [3.05, 3.63) is 58.9 Å². The first-order valence-electron chi connectivity index (χ1n) is 5.97. The number of hydrogen-bond acceptors (Lipinski definition) is 1. The lowest BCUT2D eigenvalue weighted by atomic mass is 10.1. The fourth-order valence-electron chi connectivity index (χ4n) is 1.72. The molecule has 0 saturated heterocycles. The second-order valence-electron chi connectivity index (χ2n) is 4.22. The number of nitrogens with one attached hydrogen (secondary N) is 2. The van der Waals surface area contributed by atoms with Gasteiger partial charge >= 0.3 is 12.2 Å². The first-order chi connectivity index (χ1) is 10.3. The number of hydrogen-bond donors (Lipinski definition) is 2. The van der Waals surface area contributed by atoms with Crippen LogP contribution in [0.1, 0.15) is 5.56 Å². The van der Waals surface area contributed by atoms with E-state index >= 15 is 0 Å². The highest BCUT2D eigenvalue weighted by atomic mass is 35.5. The molecule has 0 unspecified atom stereocenters. The molecule has 2 N–H and O–H groups in total. The summed E-state index contributed by atoms with van der Waals surface area (Å²) < 4.78 is 52.0. The molecule has 0 aliphatic carbocycles. The van der Waals surface area contributed by atoms with Crippen molar-refractivity contribution in [2.75, 3.05) is 10.6 Å². The SMILES string of the molecule is O=C(Nc1ccccc1C(F)(F)F)Nc1cccc(Cl)c1F. The molecule has 2 aromatic rings. The van der Waals surface area contributed by atoms with Crippen LogP contribution < -0.4 is 10.6 Å². The van der Waals surface area contributed by atoms with Crippen LogP contribution in [0, 0.1) is 5.82 Å². The molecule has 2 amide bonds. The van der Waals surface area contributed by atoms with Crippen LogP contribution >= 0.6 is 11.6 Å². The van der Waals surface area contributed by atoms with Gasteiger partial charge in [-0.3, -0.25) is 0 Å². The highest BCUT2D eigenvalue weighted by Crippen LogP contribution is 2.34. The maximum absolute atomic E-state index is 13.6. The molecule has 8 heteroatoms. The number of halogens is 5. The van der Waals surface area contributed by atoms with Crippen LogP contribution in [-0.2, 0) is 6.18 Å². The monoisotopic (exact) mass is 332 g/mol. The Labute approximate surface area is 127 Å². The van der Waals surface area contributed by atoms with Crippen molar-refractivity contribution >= 4 is 29.0 Å². The predicted molar refractivity (Wildman–Crippen MR) is 75.5 cm³/mol. The highest BCUT2D eigenvalue weighted by Gasteiger charge is 2.33. The van der Waals surface area contributed by atoms with Gasteiger partial charge in [0, 0.05) is 0 Å². The smallest absolute Gasteiger partial charge is 0.307 e. The summed E-state index contributed by atoms with van der Waals surface area (Å²) in [5.74, 6) is -0.872. The summed E-state index contributed by atoms with van der Waals surface area (Å²) in [5.41, 5.74) is -1.68. The largest absolute Gasteiger partial charge is 0.418 e. The minimum Gasteiger partial charge on any atom is -0.307 e. The summed E-state index contributed by atoms with van der Waals surface area (Å²) in [6, 6.07) is 7.35. The molecule has 3 nitrogen and oxygen atoms in total. The molecule has 116 valence electrons. The van der Waals surface area contributed by atoms with E-state index in [2.05, 4.69) is 5.32 Å². The van der Waals surface area contributed by atoms with E-state index in [0.29, 0.717) is 0 Å². The molecular weight excluding hydrogens is 324 g/mol. The van der Waals surface area contributed by atoms with E-state index in [1.807, 2.05) is 5.32 Å². The fourth-order valence-corrected chi connectivity index (χ4v) is 1.89. The number of anilines is 2. The second-order valence-corrected chi connectivity index (χ2v) is 4.63. The molecule has 0 radical (unpaired) electrons. The number of carbonyl (C=O) groups excluding carboxylic acids is 1. The number of benzene rings is 2. The van der Waals surface area contributed by atoms with Crippen molar-refractivity contribution in [1.29, 1.82) is 0 Å². The molecule has 0 bridgehead atoms. The molecular formula is C14H9ClF4N2O. The maximum Gasteiger partial charge on any atom is 0.418 e. The molecule has 0 spiro atoms. The minimum absolute atomic E-state index is 0.214. The summed E-state index contributed by atoms with van der Waals surface area (Å²) in [6.45, 7) is 0. The third kappa shape index (κ3) is 3.67. The molecule has 0 heterocycles. The molecule has 0 saturated carbocycles. The number of alkyl halides is 3. The van der Waals surface area contributed by atoms with Crippen molar-refractivity contribution in [2.45, 2.75) is 6.18 Å². The van der Waals surface area contributed by atoms with Crippen LogP contribution in [0.5, 0.6) is 0 Å². The third-order valence-electron chi connectivity index (χ3n) is 2.68. The first-order valence-corrected chi connectivity index (χ1v) is 6.35. The van der Waals surface area contributed by atoms with Crippen molar-refractivity contribution in [3.8, 4) is 0 Å². The van der Waals surface area contributed by atoms with Crippen molar-refractivity contribution in [2.24, 2.45) is 0 Å². The lowest BCUT2D eigenvalue weighted by molar-refractivity contribution is -0.136. The van der Waals surface area contributed by atoms with E-state index in [9.17, 15) is 22.4 Å². The van der Waals surface area contributed by atoms with Gasteiger partial charge in [0.05, 0.1) is 22.0 Å². The molecule has 2 rings (SSSR count). The zero-order valence-corrected chi connectivity index (χ0v) is 11.6. The molecule has 0 aromatic heterocycles. The van der Waals surface area contributed by atoms with Crippen LogP contribution in [0.2, 0.25) is 5.02 Å². The average molecular weight is 333 g/mol. The number of urea groups is 1. The Morgan fingerprint density at radius 2 is 1.55 bits per heavy atom. The van der Waals surface area contributed by atoms with Crippen molar-refractivity contribution in [1.82, 2.24) is 0 Å². The summed E-state index contributed by atoms with van der Waals surface area (Å²) in [7, 11) is 0. The van der Waals surface area contributed by atoms with Gasteiger partial charge in [0.1, 0.15) is 0 Å². The van der Waals surface area contributed by atoms with Gasteiger partial charge in [0.2, 0.25) is 0 Å². The average Bonchev–Trinajstić information content (AvgIpc) is 2.43. The van der Waals surface area contributed by atoms with Crippen molar-refractivity contribution in [3.63, 3.8) is 0 Å². The minimum atomic E-state index is -4.62. The van der Waals surface area contributed by atoms with E-state index in [0.717, 1.165) is 12.1 Å². The Kier molecular flexibility index (Phi) is 4.56. The molecule has 0 fully saturated rings. The normalized spacial score (nSPS) is 11.1. The van der Waals surface area contributed by atoms with Crippen LogP contribution in [0.3, 0.4) is 0 Å². The zero-order chi connectivity index (χ0) is 16.3. The number of rotatable bonds is 2. The molecule has 0 aliphatic rings. The third-order valence-corrected chi connectivity index (χ3v) is 2.97. The molecule has 0 aliphatic heterocycles. The summed E-state index contributed by atoms with van der Waals surface area (Å²) in [4.78, 5) is 11.7. The van der Waals surface area contributed by atoms with Crippen molar-refractivity contribution < 1.29 is 22.4 Å². The Morgan fingerprint density at radius 3 is 2.23 bits per heavy atom. The summed E-state index contributed by atoms with van der Waals surface area (Å²) >= 11 is 5.55. The fraction of sp³-hybridized carbons (Fsp3) is 0.0714. The van der Waals surface area contributed by atoms with Gasteiger partial charge in [0.25, 0.3) is 0 Å². The molecule has 0 atom stereocenters. The predicted octanol–water partition coefficient (Wildman–Crippen LogP) is 5.14. The first kappa shape index (κ1) is 16.1. The van der Waals surface area contributed by atoms with E-state index in [-0.39, 0.29) is 10.7 Å². The molecule has 22 heavy (non-hydrogen) atoms. The maximum atomic E-state index is 13.6. The van der Waals surface area contributed by atoms with Gasteiger partial charge < -0.3 is 10.6 Å². The Balaban J connectivity index is 2.18. The summed E-state index contributed by atoms with van der Waals surface area (Å²) in [6.07, 6.45) is -4.62. The van der Waals surface area contributed by atoms with Gasteiger partial charge in [-0.05, 0) is 24.3 Å². The Bertz CT molecular complexity index is 703. The van der Waals surface area contributed by atoms with Gasteiger partial charge in [-0.25, -0.2) is 9.18 Å². The van der Waals surface area contributed by atoms with Crippen LogP contribution in [0.4, 0.5) is 33.7 Å². The van der Waals surface area contributed by atoms with Gasteiger partial charge in [-0.15, -0.1) is 0 Å². The van der Waals surface area contributed by atoms with E-state index in [1.54, 1.807) is 0 Å². The second kappa shape index (κ2) is 6.23. The van der Waals surface area contributed by atoms with Gasteiger partial charge in [-0.2, -0.15) is 13.2 Å². The van der Waals surface area contributed by atoms with Crippen LogP contribution in [-0.4, -0.2) is 6.03 Å². The topological polar surface area (TPSA) is 41.1 Å². The van der Waals surface area contributed by atoms with Crippen LogP contribution in [0.15, 0.2) is 42.5 Å². The van der Waals surface area contributed by atoms with Crippen LogP contribution in [0.25, 0.3) is 0 Å². The van der Waals surface area contributed by atoms with E-state index < -0.39 is 29.3 Å². The van der Waals surface area contributed by atoms with Gasteiger partial charge in [0.15, 0.2) is 5.82 Å². The zero-order valence-electron chi connectivity index (χ0n) is 10.8. The summed E-state index contributed by atoms with van der Waals surface area (Å²) in [5, 5.41) is 3.92. The lowest BCUT2D eigenvalue weighted by Gasteiger charge is -2.14. The quantitative estimate of drug-likeness (QED) is 0.734. The Morgan fingerprint density at radius 1 is 0.955 bits per heavy atom. The lowest BCUT2D eigenvalue weighted by Crippen LogP contribution is -2.22. The van der Waals surface area contributed by atoms with Gasteiger partial charge in [-0.1, -0.05) is 29.8 Å². The number of amides is 2.